The highest BCUT2D eigenvalue weighted by atomic mass is 32.2. The molecule has 3 aromatic carbocycles. The van der Waals surface area contributed by atoms with E-state index in [1.54, 1.807) is 53.4 Å². The van der Waals surface area contributed by atoms with Crippen LogP contribution < -0.4 is 14.4 Å². The lowest BCUT2D eigenvalue weighted by molar-refractivity contribution is -0.139. The van der Waals surface area contributed by atoms with Crippen LogP contribution in [0, 0.1) is 5.82 Å². The number of halogens is 1. The number of thioether (sulfide) groups is 1. The highest BCUT2D eigenvalue weighted by molar-refractivity contribution is 8.01. The van der Waals surface area contributed by atoms with Gasteiger partial charge in [-0.1, -0.05) is 12.1 Å². The number of carbonyl (C=O) groups is 3. The average molecular weight is 510 g/mol. The molecule has 1 aliphatic heterocycles. The van der Waals surface area contributed by atoms with Crippen LogP contribution in [0.3, 0.4) is 0 Å². The van der Waals surface area contributed by atoms with Crippen molar-refractivity contribution in [2.45, 2.75) is 18.2 Å². The lowest BCUT2D eigenvalue weighted by atomic mass is 9.92. The van der Waals surface area contributed by atoms with Crippen molar-refractivity contribution in [3.63, 3.8) is 0 Å². The van der Waals surface area contributed by atoms with E-state index in [9.17, 15) is 18.8 Å². The van der Waals surface area contributed by atoms with E-state index in [0.29, 0.717) is 29.4 Å². The predicted molar refractivity (Wildman–Crippen MR) is 134 cm³/mol. The second kappa shape index (κ2) is 11.3. The number of carboxylic acid groups (broad SMARTS) is 1. The quantitative estimate of drug-likeness (QED) is 0.294. The Morgan fingerprint density at radius 3 is 2.17 bits per heavy atom. The fourth-order valence-electron chi connectivity index (χ4n) is 3.90. The van der Waals surface area contributed by atoms with Crippen LogP contribution in [0.15, 0.2) is 72.8 Å². The summed E-state index contributed by atoms with van der Waals surface area (Å²) in [6.45, 7) is 1.95. The van der Waals surface area contributed by atoms with E-state index in [2.05, 4.69) is 0 Å². The van der Waals surface area contributed by atoms with Crippen LogP contribution in [0.2, 0.25) is 0 Å². The molecule has 1 aliphatic rings. The lowest BCUT2D eigenvalue weighted by Gasteiger charge is -2.47. The van der Waals surface area contributed by atoms with Gasteiger partial charge in [0.2, 0.25) is 5.91 Å². The minimum atomic E-state index is -1.08. The van der Waals surface area contributed by atoms with E-state index in [1.165, 1.54) is 36.0 Å². The molecule has 1 N–H and O–H groups in total. The maximum absolute atomic E-state index is 13.5. The summed E-state index contributed by atoms with van der Waals surface area (Å²) in [6, 6.07) is 18.9. The molecule has 9 heteroatoms. The number of Topliss-reactive ketones (excluding diaryl/α,β-unsaturated/α-hetero) is 1. The van der Waals surface area contributed by atoms with Crippen LogP contribution in [-0.2, 0) is 9.59 Å². The first-order valence-electron chi connectivity index (χ1n) is 11.3. The normalized spacial score (nSPS) is 16.8. The number of nitrogens with zero attached hydrogens (tertiary/aromatic N) is 1. The van der Waals surface area contributed by atoms with Gasteiger partial charge in [0, 0.05) is 11.3 Å². The highest BCUT2D eigenvalue weighted by Gasteiger charge is 2.49. The Morgan fingerprint density at radius 2 is 1.56 bits per heavy atom. The maximum atomic E-state index is 13.5. The van der Waals surface area contributed by atoms with E-state index < -0.39 is 29.7 Å². The number of carbonyl (C=O) groups excluding carboxylic acids is 2. The van der Waals surface area contributed by atoms with Crippen molar-refractivity contribution in [1.82, 2.24) is 0 Å². The summed E-state index contributed by atoms with van der Waals surface area (Å²) in [7, 11) is 0. The first-order valence-corrected chi connectivity index (χ1v) is 12.3. The van der Waals surface area contributed by atoms with Crippen LogP contribution in [0.4, 0.5) is 10.1 Å². The third-order valence-electron chi connectivity index (χ3n) is 5.62. The van der Waals surface area contributed by atoms with Crippen molar-refractivity contribution >= 4 is 35.1 Å². The van der Waals surface area contributed by atoms with E-state index in [0.717, 1.165) is 5.56 Å². The third kappa shape index (κ3) is 5.68. The minimum Gasteiger partial charge on any atom is -0.494 e. The summed E-state index contributed by atoms with van der Waals surface area (Å²) in [5.41, 5.74) is 1.87. The summed E-state index contributed by atoms with van der Waals surface area (Å²) in [4.78, 5) is 38.2. The van der Waals surface area contributed by atoms with E-state index in [1.807, 2.05) is 6.92 Å². The number of rotatable bonds is 11. The summed E-state index contributed by atoms with van der Waals surface area (Å²) < 4.78 is 24.1. The number of ketones is 1. The molecule has 2 atom stereocenters. The molecule has 36 heavy (non-hydrogen) atoms. The standard InChI is InChI=1S/C27H24FNO6S/c1-2-34-21-11-3-17(4-12-21)23(30)16-36-26-25(18-5-13-22(14-6-18)35-15-24(31)32)29(27(26)33)20-9-7-19(28)8-10-20/h3-14,25-26H,2,15-16H2,1H3,(H,31,32). The largest absolute Gasteiger partial charge is 0.494 e. The van der Waals surface area contributed by atoms with E-state index >= 15 is 0 Å². The van der Waals surface area contributed by atoms with Crippen LogP contribution in [0.1, 0.15) is 28.9 Å². The third-order valence-corrected chi connectivity index (χ3v) is 6.86. The van der Waals surface area contributed by atoms with Crippen molar-refractivity contribution in [3.05, 3.63) is 89.7 Å². The molecule has 3 aromatic rings. The van der Waals surface area contributed by atoms with Gasteiger partial charge in [-0.2, -0.15) is 0 Å². The molecule has 7 nitrogen and oxygen atoms in total. The van der Waals surface area contributed by atoms with Gasteiger partial charge in [0.05, 0.1) is 18.4 Å². The Balaban J connectivity index is 1.51. The number of hydrogen-bond donors (Lipinski definition) is 1. The maximum Gasteiger partial charge on any atom is 0.341 e. The molecule has 2 unspecified atom stereocenters. The van der Waals surface area contributed by atoms with Crippen LogP contribution in [0.25, 0.3) is 0 Å². The molecular weight excluding hydrogens is 485 g/mol. The molecule has 1 fully saturated rings. The summed E-state index contributed by atoms with van der Waals surface area (Å²) >= 11 is 1.26. The Bertz CT molecular complexity index is 1230. The number of aliphatic carboxylic acids is 1. The van der Waals surface area contributed by atoms with Gasteiger partial charge >= 0.3 is 5.97 Å². The van der Waals surface area contributed by atoms with Crippen molar-refractivity contribution in [2.75, 3.05) is 23.9 Å². The number of amides is 1. The van der Waals surface area contributed by atoms with Crippen molar-refractivity contribution in [1.29, 1.82) is 0 Å². The molecule has 1 amide bonds. The zero-order chi connectivity index (χ0) is 25.7. The van der Waals surface area contributed by atoms with Gasteiger partial charge < -0.3 is 19.5 Å². The second-order valence-electron chi connectivity index (χ2n) is 7.99. The molecule has 1 heterocycles. The number of anilines is 1. The fourth-order valence-corrected chi connectivity index (χ4v) is 5.11. The average Bonchev–Trinajstić information content (AvgIpc) is 2.88. The van der Waals surface area contributed by atoms with Crippen LogP contribution in [0.5, 0.6) is 11.5 Å². The zero-order valence-electron chi connectivity index (χ0n) is 19.4. The number of ether oxygens (including phenoxy) is 2. The zero-order valence-corrected chi connectivity index (χ0v) is 20.2. The molecule has 4 rings (SSSR count). The first kappa shape index (κ1) is 25.2. The molecule has 1 saturated heterocycles. The molecule has 0 saturated carbocycles. The SMILES string of the molecule is CCOc1ccc(C(=O)CSC2C(=O)N(c3ccc(F)cc3)C2c2ccc(OCC(=O)O)cc2)cc1. The van der Waals surface area contributed by atoms with Crippen LogP contribution >= 0.6 is 11.8 Å². The Kier molecular flexibility index (Phi) is 7.90. The first-order chi connectivity index (χ1) is 17.4. The number of carboxylic acids is 1. The molecule has 0 aliphatic carbocycles. The molecule has 0 radical (unpaired) electrons. The minimum absolute atomic E-state index is 0.104. The molecule has 186 valence electrons. The Hall–Kier alpha value is -3.85. The topological polar surface area (TPSA) is 93.1 Å². The Morgan fingerprint density at radius 1 is 0.944 bits per heavy atom. The predicted octanol–water partition coefficient (Wildman–Crippen LogP) is 4.76. The summed E-state index contributed by atoms with van der Waals surface area (Å²) in [5, 5.41) is 8.28. The van der Waals surface area contributed by atoms with Gasteiger partial charge in [-0.05, 0) is 73.2 Å². The van der Waals surface area contributed by atoms with Gasteiger partial charge in [0.1, 0.15) is 22.6 Å². The molecule has 0 spiro atoms. The van der Waals surface area contributed by atoms with Gasteiger partial charge in [0.25, 0.3) is 0 Å². The van der Waals surface area contributed by atoms with Gasteiger partial charge in [-0.3, -0.25) is 9.59 Å². The monoisotopic (exact) mass is 509 g/mol. The number of hydrogen-bond acceptors (Lipinski definition) is 6. The number of benzene rings is 3. The summed E-state index contributed by atoms with van der Waals surface area (Å²) in [5.74, 6) is -0.598. The Labute approximate surface area is 211 Å². The lowest BCUT2D eigenvalue weighted by Crippen LogP contribution is -2.57. The highest BCUT2D eigenvalue weighted by Crippen LogP contribution is 2.45. The van der Waals surface area contributed by atoms with Gasteiger partial charge in [0.15, 0.2) is 12.4 Å². The summed E-state index contributed by atoms with van der Waals surface area (Å²) in [6.07, 6.45) is 0. The molecular formula is C27H24FNO6S. The van der Waals surface area contributed by atoms with Crippen LogP contribution in [-0.4, -0.2) is 47.0 Å². The van der Waals surface area contributed by atoms with Gasteiger partial charge in [-0.15, -0.1) is 11.8 Å². The second-order valence-corrected chi connectivity index (χ2v) is 9.12. The molecule has 0 aromatic heterocycles. The van der Waals surface area contributed by atoms with Gasteiger partial charge in [-0.25, -0.2) is 9.18 Å². The fraction of sp³-hybridized carbons (Fsp3) is 0.222. The molecule has 0 bridgehead atoms. The van der Waals surface area contributed by atoms with Crippen molar-refractivity contribution < 1.29 is 33.4 Å². The smallest absolute Gasteiger partial charge is 0.341 e. The van der Waals surface area contributed by atoms with E-state index in [4.69, 9.17) is 14.6 Å². The van der Waals surface area contributed by atoms with Crippen molar-refractivity contribution in [2.24, 2.45) is 0 Å². The van der Waals surface area contributed by atoms with E-state index in [-0.39, 0.29) is 17.4 Å². The number of β-lactam (4-membered cyclic amide) rings is 1. The van der Waals surface area contributed by atoms with Crippen molar-refractivity contribution in [3.8, 4) is 11.5 Å².